The third kappa shape index (κ3) is 3.47. The highest BCUT2D eigenvalue weighted by Crippen LogP contribution is 2.32. The summed E-state index contributed by atoms with van der Waals surface area (Å²) in [6.45, 7) is -0.268. The van der Waals surface area contributed by atoms with Crippen LogP contribution in [0.25, 0.3) is 0 Å². The Bertz CT molecular complexity index is 477. The molecule has 0 aliphatic carbocycles. The summed E-state index contributed by atoms with van der Waals surface area (Å²) in [5.74, 6) is -1.89. The standard InChI is InChI=1S/C10H11F3N2O4/c1-17-8-5(3-14)7(9(16)18-2)6(4-15-8)19-10(11,12)13/h4H,3,14H2,1-2H3. The summed E-state index contributed by atoms with van der Waals surface area (Å²) in [7, 11) is 2.26. The summed E-state index contributed by atoms with van der Waals surface area (Å²) < 4.78 is 49.7. The number of carbonyl (C=O) groups is 1. The van der Waals surface area contributed by atoms with Gasteiger partial charge in [0.25, 0.3) is 0 Å². The Morgan fingerprint density at radius 3 is 2.47 bits per heavy atom. The molecule has 0 saturated carbocycles. The molecule has 9 heteroatoms. The van der Waals surface area contributed by atoms with Crippen LogP contribution in [-0.4, -0.2) is 31.5 Å². The van der Waals surface area contributed by atoms with Crippen LogP contribution in [0.3, 0.4) is 0 Å². The molecule has 106 valence electrons. The Hall–Kier alpha value is -2.03. The van der Waals surface area contributed by atoms with Crippen LogP contribution in [0.2, 0.25) is 0 Å². The fourth-order valence-corrected chi connectivity index (χ4v) is 1.41. The van der Waals surface area contributed by atoms with Crippen LogP contribution < -0.4 is 15.2 Å². The number of nitrogens with zero attached hydrogens (tertiary/aromatic N) is 1. The maximum absolute atomic E-state index is 12.2. The van der Waals surface area contributed by atoms with Gasteiger partial charge in [0.2, 0.25) is 5.88 Å². The second-order valence-corrected chi connectivity index (χ2v) is 3.23. The van der Waals surface area contributed by atoms with Gasteiger partial charge in [-0.1, -0.05) is 0 Å². The van der Waals surface area contributed by atoms with E-state index >= 15 is 0 Å². The first kappa shape index (κ1) is 15.0. The average molecular weight is 280 g/mol. The molecular formula is C10H11F3N2O4. The monoisotopic (exact) mass is 280 g/mol. The molecular weight excluding hydrogens is 269 g/mol. The molecule has 1 aromatic heterocycles. The van der Waals surface area contributed by atoms with E-state index in [-0.39, 0.29) is 18.0 Å². The molecule has 1 heterocycles. The third-order valence-corrected chi connectivity index (χ3v) is 2.12. The summed E-state index contributed by atoms with van der Waals surface area (Å²) in [6.07, 6.45) is -4.25. The van der Waals surface area contributed by atoms with Crippen LogP contribution in [-0.2, 0) is 11.3 Å². The summed E-state index contributed by atoms with van der Waals surface area (Å²) in [4.78, 5) is 15.2. The van der Waals surface area contributed by atoms with E-state index in [0.29, 0.717) is 0 Å². The van der Waals surface area contributed by atoms with Crippen molar-refractivity contribution in [3.63, 3.8) is 0 Å². The number of carbonyl (C=O) groups excluding carboxylic acids is 1. The molecule has 0 atom stereocenters. The van der Waals surface area contributed by atoms with Gasteiger partial charge in [-0.3, -0.25) is 0 Å². The SMILES string of the molecule is COC(=O)c1c(OC(F)(F)F)cnc(OC)c1CN. The first-order valence-electron chi connectivity index (χ1n) is 4.94. The van der Waals surface area contributed by atoms with Gasteiger partial charge in [-0.25, -0.2) is 9.78 Å². The minimum Gasteiger partial charge on any atom is -0.481 e. The lowest BCUT2D eigenvalue weighted by Gasteiger charge is -2.16. The van der Waals surface area contributed by atoms with Crippen LogP contribution >= 0.6 is 0 Å². The van der Waals surface area contributed by atoms with E-state index in [1.54, 1.807) is 0 Å². The number of pyridine rings is 1. The van der Waals surface area contributed by atoms with Gasteiger partial charge in [-0.15, -0.1) is 13.2 Å². The third-order valence-electron chi connectivity index (χ3n) is 2.12. The zero-order chi connectivity index (χ0) is 14.6. The number of methoxy groups -OCH3 is 2. The van der Waals surface area contributed by atoms with Crippen LogP contribution in [0.5, 0.6) is 11.6 Å². The van der Waals surface area contributed by atoms with E-state index in [4.69, 9.17) is 10.5 Å². The largest absolute Gasteiger partial charge is 0.573 e. The van der Waals surface area contributed by atoms with Gasteiger partial charge >= 0.3 is 12.3 Å². The van der Waals surface area contributed by atoms with Crippen molar-refractivity contribution in [1.82, 2.24) is 4.98 Å². The van der Waals surface area contributed by atoms with Gasteiger partial charge in [0.1, 0.15) is 5.56 Å². The zero-order valence-electron chi connectivity index (χ0n) is 10.1. The molecule has 6 nitrogen and oxygen atoms in total. The van der Waals surface area contributed by atoms with Crippen LogP contribution in [0.4, 0.5) is 13.2 Å². The fourth-order valence-electron chi connectivity index (χ4n) is 1.41. The maximum Gasteiger partial charge on any atom is 0.573 e. The van der Waals surface area contributed by atoms with Gasteiger partial charge < -0.3 is 19.9 Å². The van der Waals surface area contributed by atoms with E-state index in [0.717, 1.165) is 13.3 Å². The Morgan fingerprint density at radius 2 is 2.05 bits per heavy atom. The van der Waals surface area contributed by atoms with Crippen LogP contribution in [0.15, 0.2) is 6.20 Å². The van der Waals surface area contributed by atoms with Gasteiger partial charge in [0, 0.05) is 12.1 Å². The van der Waals surface area contributed by atoms with Crippen molar-refractivity contribution in [2.24, 2.45) is 5.73 Å². The Balaban J connectivity index is 3.42. The zero-order valence-corrected chi connectivity index (χ0v) is 10.1. The quantitative estimate of drug-likeness (QED) is 0.835. The minimum absolute atomic E-state index is 0.0314. The van der Waals surface area contributed by atoms with Crippen molar-refractivity contribution in [3.05, 3.63) is 17.3 Å². The second kappa shape index (κ2) is 5.74. The Kier molecular flexibility index (Phi) is 4.54. The highest BCUT2D eigenvalue weighted by atomic mass is 19.4. The van der Waals surface area contributed by atoms with Crippen molar-refractivity contribution in [2.45, 2.75) is 12.9 Å². The van der Waals surface area contributed by atoms with E-state index < -0.39 is 23.6 Å². The number of alkyl halides is 3. The van der Waals surface area contributed by atoms with E-state index in [2.05, 4.69) is 14.5 Å². The van der Waals surface area contributed by atoms with E-state index in [9.17, 15) is 18.0 Å². The lowest BCUT2D eigenvalue weighted by molar-refractivity contribution is -0.274. The predicted molar refractivity (Wildman–Crippen MR) is 56.7 cm³/mol. The first-order valence-corrected chi connectivity index (χ1v) is 4.94. The number of ether oxygens (including phenoxy) is 3. The molecule has 0 radical (unpaired) electrons. The predicted octanol–water partition coefficient (Wildman–Crippen LogP) is 1.23. The molecule has 0 amide bonds. The summed E-state index contributed by atoms with van der Waals surface area (Å²) in [5, 5.41) is 0. The van der Waals surface area contributed by atoms with Gasteiger partial charge in [-0.2, -0.15) is 0 Å². The Labute approximate surface area is 106 Å². The minimum atomic E-state index is -4.97. The first-order chi connectivity index (χ1) is 8.84. The van der Waals surface area contributed by atoms with Crippen LogP contribution in [0.1, 0.15) is 15.9 Å². The van der Waals surface area contributed by atoms with Gasteiger partial charge in [0.05, 0.1) is 20.4 Å². The lowest BCUT2D eigenvalue weighted by atomic mass is 10.1. The number of rotatable bonds is 4. The molecule has 0 saturated heterocycles. The van der Waals surface area contributed by atoms with E-state index in [1.807, 2.05) is 0 Å². The van der Waals surface area contributed by atoms with Crippen molar-refractivity contribution < 1.29 is 32.2 Å². The van der Waals surface area contributed by atoms with Gasteiger partial charge in [-0.05, 0) is 0 Å². The van der Waals surface area contributed by atoms with E-state index in [1.165, 1.54) is 7.11 Å². The average Bonchev–Trinajstić information content (AvgIpc) is 2.35. The molecule has 0 aromatic carbocycles. The summed E-state index contributed by atoms with van der Waals surface area (Å²) in [5.41, 5.74) is 4.89. The van der Waals surface area contributed by atoms with Crippen LogP contribution in [0, 0.1) is 0 Å². The molecule has 1 aromatic rings. The number of nitrogens with two attached hydrogens (primary N) is 1. The number of aromatic nitrogens is 1. The molecule has 1 rings (SSSR count). The van der Waals surface area contributed by atoms with Crippen molar-refractivity contribution in [3.8, 4) is 11.6 Å². The molecule has 0 spiro atoms. The normalized spacial score (nSPS) is 11.1. The van der Waals surface area contributed by atoms with Gasteiger partial charge in [0.15, 0.2) is 5.75 Å². The summed E-state index contributed by atoms with van der Waals surface area (Å²) in [6, 6.07) is 0. The lowest BCUT2D eigenvalue weighted by Crippen LogP contribution is -2.21. The highest BCUT2D eigenvalue weighted by molar-refractivity contribution is 5.94. The number of halogens is 3. The molecule has 2 N–H and O–H groups in total. The topological polar surface area (TPSA) is 83.7 Å². The maximum atomic E-state index is 12.2. The fraction of sp³-hybridized carbons (Fsp3) is 0.400. The Morgan fingerprint density at radius 1 is 1.42 bits per heavy atom. The van der Waals surface area contributed by atoms with Crippen molar-refractivity contribution in [1.29, 1.82) is 0 Å². The number of hydrogen-bond acceptors (Lipinski definition) is 6. The molecule has 0 bridgehead atoms. The second-order valence-electron chi connectivity index (χ2n) is 3.23. The highest BCUT2D eigenvalue weighted by Gasteiger charge is 2.35. The van der Waals surface area contributed by atoms with Crippen molar-refractivity contribution >= 4 is 5.97 Å². The number of esters is 1. The molecule has 19 heavy (non-hydrogen) atoms. The molecule has 0 aliphatic heterocycles. The molecule has 0 aliphatic rings. The number of hydrogen-bond donors (Lipinski definition) is 1. The van der Waals surface area contributed by atoms with Crippen molar-refractivity contribution in [2.75, 3.05) is 14.2 Å². The summed E-state index contributed by atoms with van der Waals surface area (Å²) >= 11 is 0. The smallest absolute Gasteiger partial charge is 0.481 e. The molecule has 0 fully saturated rings. The molecule has 0 unspecified atom stereocenters.